The van der Waals surface area contributed by atoms with Crippen LogP contribution in [0.2, 0.25) is 24.2 Å². The Balaban J connectivity index is 2.19. The van der Waals surface area contributed by atoms with E-state index in [0.717, 1.165) is 17.2 Å². The summed E-state index contributed by atoms with van der Waals surface area (Å²) < 4.78 is 6.08. The van der Waals surface area contributed by atoms with Crippen LogP contribution >= 0.6 is 11.6 Å². The predicted octanol–water partition coefficient (Wildman–Crippen LogP) is 5.50. The molecule has 0 spiro atoms. The van der Waals surface area contributed by atoms with E-state index in [-0.39, 0.29) is 0 Å². The molecule has 0 atom stereocenters. The van der Waals surface area contributed by atoms with E-state index in [2.05, 4.69) is 31.3 Å². The van der Waals surface area contributed by atoms with Crippen LogP contribution in [0.4, 0.5) is 0 Å². The molecule has 2 rings (SSSR count). The van der Waals surface area contributed by atoms with Gasteiger partial charge in [0.25, 0.3) is 0 Å². The average molecular weight is 316 g/mol. The zero-order chi connectivity index (χ0) is 15.3. The summed E-state index contributed by atoms with van der Waals surface area (Å²) in [6.45, 7) is 4.21. The molecule has 0 aliphatic carbocycles. The van der Waals surface area contributed by atoms with Crippen molar-refractivity contribution in [1.82, 2.24) is 0 Å². The maximum absolute atomic E-state index is 8.70. The van der Waals surface area contributed by atoms with Crippen molar-refractivity contribution in [3.05, 3.63) is 53.6 Å². The molecule has 0 saturated heterocycles. The van der Waals surface area contributed by atoms with Crippen LogP contribution in [0.3, 0.4) is 0 Å². The Kier molecular flexibility index (Phi) is 5.06. The molecule has 2 aromatic rings. The SMILES string of the molecule is C[Si](C)(CCC#N)Oc1ccc(-c2ccccc2)cc1Cl. The maximum Gasteiger partial charge on any atom is 0.246 e. The van der Waals surface area contributed by atoms with E-state index in [1.54, 1.807) is 0 Å². The Morgan fingerprint density at radius 3 is 2.43 bits per heavy atom. The Hall–Kier alpha value is -1.76. The highest BCUT2D eigenvalue weighted by Gasteiger charge is 2.24. The molecular weight excluding hydrogens is 298 g/mol. The molecular formula is C17H18ClNOSi. The third kappa shape index (κ3) is 4.35. The molecule has 0 aliphatic heterocycles. The van der Waals surface area contributed by atoms with E-state index in [1.807, 2.05) is 36.4 Å². The molecule has 0 saturated carbocycles. The van der Waals surface area contributed by atoms with Gasteiger partial charge in [0.2, 0.25) is 8.32 Å². The number of benzene rings is 2. The van der Waals surface area contributed by atoms with E-state index >= 15 is 0 Å². The van der Waals surface area contributed by atoms with Gasteiger partial charge in [-0.25, -0.2) is 0 Å². The topological polar surface area (TPSA) is 33.0 Å². The van der Waals surface area contributed by atoms with Crippen molar-refractivity contribution in [2.45, 2.75) is 25.6 Å². The van der Waals surface area contributed by atoms with Crippen LogP contribution in [0.5, 0.6) is 5.75 Å². The first kappa shape index (κ1) is 15.6. The van der Waals surface area contributed by atoms with Crippen molar-refractivity contribution < 1.29 is 4.43 Å². The first-order valence-electron chi connectivity index (χ1n) is 6.93. The summed E-state index contributed by atoms with van der Waals surface area (Å²) in [6, 6.07) is 19.0. The van der Waals surface area contributed by atoms with Gasteiger partial charge in [-0.1, -0.05) is 48.0 Å². The molecule has 0 aliphatic rings. The van der Waals surface area contributed by atoms with Crippen molar-refractivity contribution >= 4 is 19.9 Å². The number of hydrogen-bond donors (Lipinski definition) is 0. The summed E-state index contributed by atoms with van der Waals surface area (Å²) in [6.07, 6.45) is 0.527. The summed E-state index contributed by atoms with van der Waals surface area (Å²) in [5.74, 6) is 0.714. The first-order valence-corrected chi connectivity index (χ1v) is 10.4. The Morgan fingerprint density at radius 1 is 1.10 bits per heavy atom. The van der Waals surface area contributed by atoms with Crippen LogP contribution in [0.25, 0.3) is 11.1 Å². The van der Waals surface area contributed by atoms with E-state index in [0.29, 0.717) is 17.2 Å². The highest BCUT2D eigenvalue weighted by molar-refractivity contribution is 6.72. The van der Waals surface area contributed by atoms with Gasteiger partial charge in [0.1, 0.15) is 5.75 Å². The summed E-state index contributed by atoms with van der Waals surface area (Å²) in [5.41, 5.74) is 2.20. The predicted molar refractivity (Wildman–Crippen MR) is 90.0 cm³/mol. The minimum atomic E-state index is -1.90. The maximum atomic E-state index is 8.70. The van der Waals surface area contributed by atoms with Gasteiger partial charge in [-0.15, -0.1) is 0 Å². The van der Waals surface area contributed by atoms with Crippen molar-refractivity contribution in [2.75, 3.05) is 0 Å². The molecule has 108 valence electrons. The minimum Gasteiger partial charge on any atom is -0.543 e. The standard InChI is InChI=1S/C17H18ClNOSi/c1-21(2,12-6-11-19)20-17-10-9-15(13-16(17)18)14-7-4-3-5-8-14/h3-5,7-10,13H,6,12H2,1-2H3. The van der Waals surface area contributed by atoms with Crippen LogP contribution < -0.4 is 4.43 Å². The van der Waals surface area contributed by atoms with Crippen LogP contribution in [0, 0.1) is 11.3 Å². The lowest BCUT2D eigenvalue weighted by atomic mass is 10.1. The quantitative estimate of drug-likeness (QED) is 0.682. The van der Waals surface area contributed by atoms with Crippen LogP contribution in [0.15, 0.2) is 48.5 Å². The molecule has 2 aromatic carbocycles. The smallest absolute Gasteiger partial charge is 0.246 e. The number of nitrogens with zero attached hydrogens (tertiary/aromatic N) is 1. The zero-order valence-corrected chi connectivity index (χ0v) is 14.0. The summed E-state index contributed by atoms with van der Waals surface area (Å²) >= 11 is 6.35. The van der Waals surface area contributed by atoms with Crippen molar-refractivity contribution in [1.29, 1.82) is 5.26 Å². The van der Waals surface area contributed by atoms with E-state index in [9.17, 15) is 0 Å². The fourth-order valence-corrected chi connectivity index (χ4v) is 3.97. The molecule has 4 heteroatoms. The van der Waals surface area contributed by atoms with Gasteiger partial charge in [0, 0.05) is 6.42 Å². The first-order chi connectivity index (χ1) is 10.0. The number of nitriles is 1. The lowest BCUT2D eigenvalue weighted by Crippen LogP contribution is -2.33. The van der Waals surface area contributed by atoms with Gasteiger partial charge in [0.05, 0.1) is 11.1 Å². The van der Waals surface area contributed by atoms with Crippen molar-refractivity contribution in [2.24, 2.45) is 0 Å². The lowest BCUT2D eigenvalue weighted by molar-refractivity contribution is 0.547. The van der Waals surface area contributed by atoms with Crippen LogP contribution in [-0.4, -0.2) is 8.32 Å². The minimum absolute atomic E-state index is 0.527. The normalized spacial score (nSPS) is 11.0. The molecule has 0 unspecified atom stereocenters. The second-order valence-electron chi connectivity index (χ2n) is 5.53. The Bertz CT molecular complexity index is 650. The average Bonchev–Trinajstić information content (AvgIpc) is 2.48. The van der Waals surface area contributed by atoms with Gasteiger partial charge in [-0.3, -0.25) is 0 Å². The molecule has 0 aromatic heterocycles. The molecule has 0 fully saturated rings. The molecule has 0 amide bonds. The molecule has 0 heterocycles. The fourth-order valence-electron chi connectivity index (χ4n) is 2.10. The molecule has 0 radical (unpaired) electrons. The molecule has 0 N–H and O–H groups in total. The van der Waals surface area contributed by atoms with E-state index < -0.39 is 8.32 Å². The number of hydrogen-bond acceptors (Lipinski definition) is 2. The fraction of sp³-hybridized carbons (Fsp3) is 0.235. The van der Waals surface area contributed by atoms with Gasteiger partial charge >= 0.3 is 0 Å². The van der Waals surface area contributed by atoms with E-state index in [1.165, 1.54) is 0 Å². The van der Waals surface area contributed by atoms with Crippen molar-refractivity contribution in [3.63, 3.8) is 0 Å². The largest absolute Gasteiger partial charge is 0.543 e. The second-order valence-corrected chi connectivity index (χ2v) is 10.2. The van der Waals surface area contributed by atoms with Gasteiger partial charge in [0.15, 0.2) is 0 Å². The third-order valence-corrected chi connectivity index (χ3v) is 5.79. The third-order valence-electron chi connectivity index (χ3n) is 3.26. The van der Waals surface area contributed by atoms with Crippen LogP contribution in [0.1, 0.15) is 6.42 Å². The molecule has 21 heavy (non-hydrogen) atoms. The van der Waals surface area contributed by atoms with Crippen LogP contribution in [-0.2, 0) is 0 Å². The lowest BCUT2D eigenvalue weighted by Gasteiger charge is -2.24. The van der Waals surface area contributed by atoms with E-state index in [4.69, 9.17) is 21.3 Å². The highest BCUT2D eigenvalue weighted by Crippen LogP contribution is 2.32. The molecule has 0 bridgehead atoms. The highest BCUT2D eigenvalue weighted by atomic mass is 35.5. The number of rotatable bonds is 5. The monoisotopic (exact) mass is 315 g/mol. The second kappa shape index (κ2) is 6.80. The Labute approximate surface area is 132 Å². The number of halogens is 1. The van der Waals surface area contributed by atoms with Crippen molar-refractivity contribution in [3.8, 4) is 22.9 Å². The van der Waals surface area contributed by atoms with Gasteiger partial charge in [-0.2, -0.15) is 5.26 Å². The Morgan fingerprint density at radius 2 is 1.81 bits per heavy atom. The zero-order valence-electron chi connectivity index (χ0n) is 12.3. The summed E-state index contributed by atoms with van der Waals surface area (Å²) in [4.78, 5) is 0. The summed E-state index contributed by atoms with van der Waals surface area (Å²) in [5, 5.41) is 9.32. The molecule has 2 nitrogen and oxygen atoms in total. The summed E-state index contributed by atoms with van der Waals surface area (Å²) in [7, 11) is -1.90. The van der Waals surface area contributed by atoms with Gasteiger partial charge in [-0.05, 0) is 42.4 Å². The van der Waals surface area contributed by atoms with Gasteiger partial charge < -0.3 is 4.43 Å².